The Morgan fingerprint density at radius 3 is 2.27 bits per heavy atom. The second-order valence-electron chi connectivity index (χ2n) is 5.17. The molecule has 2 rings (SSSR count). The highest BCUT2D eigenvalue weighted by molar-refractivity contribution is 6.05. The van der Waals surface area contributed by atoms with Crippen LogP contribution in [0.15, 0.2) is 48.5 Å². The number of halogens is 1. The summed E-state index contributed by atoms with van der Waals surface area (Å²) < 4.78 is 13.5. The molecule has 114 valence electrons. The van der Waals surface area contributed by atoms with Gasteiger partial charge in [-0.05, 0) is 50.5 Å². The Bertz CT molecular complexity index is 681. The maximum atomic E-state index is 13.5. The highest BCUT2D eigenvalue weighted by Gasteiger charge is 2.11. The van der Waals surface area contributed by atoms with E-state index >= 15 is 0 Å². The van der Waals surface area contributed by atoms with Crippen LogP contribution in [0.3, 0.4) is 0 Å². The highest BCUT2D eigenvalue weighted by atomic mass is 19.1. The number of likely N-dealkylation sites (N-methyl/N-ethyl adjacent to an activating group) is 1. The molecule has 0 atom stereocenters. The van der Waals surface area contributed by atoms with Crippen LogP contribution in [-0.4, -0.2) is 37.2 Å². The molecular formula is C17H17FN2O2. The average molecular weight is 300 g/mol. The fourth-order valence-electron chi connectivity index (χ4n) is 1.96. The van der Waals surface area contributed by atoms with Crippen molar-refractivity contribution in [2.24, 2.45) is 0 Å². The van der Waals surface area contributed by atoms with Gasteiger partial charge in [0.25, 0.3) is 5.91 Å². The molecule has 1 amide bonds. The van der Waals surface area contributed by atoms with E-state index in [1.54, 1.807) is 35.2 Å². The number of carbonyl (C=O) groups is 2. The molecule has 0 aliphatic rings. The maximum absolute atomic E-state index is 13.5. The third-order valence-corrected chi connectivity index (χ3v) is 3.04. The van der Waals surface area contributed by atoms with E-state index in [1.165, 1.54) is 18.2 Å². The predicted molar refractivity (Wildman–Crippen MR) is 83.7 cm³/mol. The lowest BCUT2D eigenvalue weighted by Crippen LogP contribution is -2.21. The minimum Gasteiger partial charge on any atom is -0.322 e. The lowest BCUT2D eigenvalue weighted by atomic mass is 10.1. The summed E-state index contributed by atoms with van der Waals surface area (Å²) in [4.78, 5) is 25.6. The van der Waals surface area contributed by atoms with Crippen LogP contribution in [0.2, 0.25) is 0 Å². The second kappa shape index (κ2) is 6.95. The molecule has 2 aromatic rings. The molecule has 0 aliphatic carbocycles. The van der Waals surface area contributed by atoms with Crippen molar-refractivity contribution >= 4 is 17.4 Å². The van der Waals surface area contributed by atoms with E-state index in [0.29, 0.717) is 17.8 Å². The number of nitrogens with one attached hydrogen (secondary N) is 1. The van der Waals surface area contributed by atoms with Crippen LogP contribution in [0.25, 0.3) is 0 Å². The topological polar surface area (TPSA) is 49.4 Å². The predicted octanol–water partition coefficient (Wildman–Crippen LogP) is 2.82. The molecule has 0 saturated heterocycles. The van der Waals surface area contributed by atoms with Gasteiger partial charge in [-0.3, -0.25) is 9.59 Å². The van der Waals surface area contributed by atoms with E-state index < -0.39 is 11.7 Å². The number of nitrogens with zero attached hydrogens (tertiary/aromatic N) is 1. The number of rotatable bonds is 5. The second-order valence-corrected chi connectivity index (χ2v) is 5.17. The van der Waals surface area contributed by atoms with E-state index in [0.717, 1.165) is 0 Å². The first-order valence-electron chi connectivity index (χ1n) is 6.81. The van der Waals surface area contributed by atoms with Gasteiger partial charge in [0.15, 0.2) is 5.78 Å². The molecule has 0 radical (unpaired) electrons. The van der Waals surface area contributed by atoms with Crippen molar-refractivity contribution in [3.8, 4) is 0 Å². The van der Waals surface area contributed by atoms with Crippen molar-refractivity contribution in [2.45, 2.75) is 0 Å². The van der Waals surface area contributed by atoms with Crippen LogP contribution in [0.5, 0.6) is 0 Å². The van der Waals surface area contributed by atoms with Crippen molar-refractivity contribution in [3.63, 3.8) is 0 Å². The zero-order valence-electron chi connectivity index (χ0n) is 12.5. The smallest absolute Gasteiger partial charge is 0.258 e. The molecule has 0 unspecified atom stereocenters. The Hall–Kier alpha value is -2.53. The van der Waals surface area contributed by atoms with Gasteiger partial charge in [0.1, 0.15) is 5.82 Å². The Labute approximate surface area is 128 Å². The summed E-state index contributed by atoms with van der Waals surface area (Å²) >= 11 is 0. The number of anilines is 1. The number of Topliss-reactive ketones (excluding diaryl/α,β-unsaturated/α-hetero) is 1. The van der Waals surface area contributed by atoms with Crippen LogP contribution >= 0.6 is 0 Å². The highest BCUT2D eigenvalue weighted by Crippen LogP contribution is 2.13. The van der Waals surface area contributed by atoms with Gasteiger partial charge in [0.2, 0.25) is 0 Å². The molecule has 0 aromatic heterocycles. The van der Waals surface area contributed by atoms with Crippen LogP contribution in [-0.2, 0) is 0 Å². The zero-order valence-corrected chi connectivity index (χ0v) is 12.5. The number of ketones is 1. The lowest BCUT2D eigenvalue weighted by Gasteiger charge is -2.09. The summed E-state index contributed by atoms with van der Waals surface area (Å²) in [7, 11) is 3.64. The summed E-state index contributed by atoms with van der Waals surface area (Å²) in [6.07, 6.45) is 0. The Morgan fingerprint density at radius 2 is 1.68 bits per heavy atom. The molecule has 0 fully saturated rings. The molecule has 0 aliphatic heterocycles. The maximum Gasteiger partial charge on any atom is 0.258 e. The zero-order chi connectivity index (χ0) is 16.1. The van der Waals surface area contributed by atoms with Gasteiger partial charge in [0, 0.05) is 11.3 Å². The van der Waals surface area contributed by atoms with Crippen LogP contribution in [0.4, 0.5) is 10.1 Å². The van der Waals surface area contributed by atoms with Gasteiger partial charge in [-0.2, -0.15) is 0 Å². The van der Waals surface area contributed by atoms with Gasteiger partial charge in [0.05, 0.1) is 12.1 Å². The Balaban J connectivity index is 2.07. The first-order valence-corrected chi connectivity index (χ1v) is 6.81. The number of hydrogen-bond acceptors (Lipinski definition) is 3. The molecular weight excluding hydrogens is 283 g/mol. The van der Waals surface area contributed by atoms with E-state index in [-0.39, 0.29) is 11.3 Å². The van der Waals surface area contributed by atoms with Crippen molar-refractivity contribution in [1.82, 2.24) is 4.90 Å². The van der Waals surface area contributed by atoms with Crippen LogP contribution in [0, 0.1) is 5.82 Å². The molecule has 1 N–H and O–H groups in total. The van der Waals surface area contributed by atoms with Crippen LogP contribution in [0.1, 0.15) is 20.7 Å². The van der Waals surface area contributed by atoms with Gasteiger partial charge in [-0.15, -0.1) is 0 Å². The SMILES string of the molecule is CN(C)CC(=O)c1ccc(NC(=O)c2ccccc2F)cc1. The van der Waals surface area contributed by atoms with Gasteiger partial charge in [-0.25, -0.2) is 4.39 Å². The molecule has 22 heavy (non-hydrogen) atoms. The van der Waals surface area contributed by atoms with Gasteiger partial charge >= 0.3 is 0 Å². The van der Waals surface area contributed by atoms with Crippen molar-refractivity contribution in [3.05, 3.63) is 65.5 Å². The monoisotopic (exact) mass is 300 g/mol. The number of carbonyl (C=O) groups excluding carboxylic acids is 2. The van der Waals surface area contributed by atoms with E-state index in [4.69, 9.17) is 0 Å². The first kappa shape index (κ1) is 15.9. The van der Waals surface area contributed by atoms with Crippen LogP contribution < -0.4 is 5.32 Å². The van der Waals surface area contributed by atoms with Crippen molar-refractivity contribution in [2.75, 3.05) is 26.0 Å². The molecule has 0 spiro atoms. The number of amides is 1. The Morgan fingerprint density at radius 1 is 1.05 bits per heavy atom. The largest absolute Gasteiger partial charge is 0.322 e. The molecule has 0 bridgehead atoms. The van der Waals surface area contributed by atoms with Crippen molar-refractivity contribution in [1.29, 1.82) is 0 Å². The fourth-order valence-corrected chi connectivity index (χ4v) is 1.96. The first-order chi connectivity index (χ1) is 10.5. The summed E-state index contributed by atoms with van der Waals surface area (Å²) in [5, 5.41) is 2.61. The number of benzene rings is 2. The van der Waals surface area contributed by atoms with Gasteiger partial charge in [-0.1, -0.05) is 12.1 Å². The third-order valence-electron chi connectivity index (χ3n) is 3.04. The van der Waals surface area contributed by atoms with Gasteiger partial charge < -0.3 is 10.2 Å². The minimum absolute atomic E-state index is 0.00280. The van der Waals surface area contributed by atoms with E-state index in [1.807, 2.05) is 14.1 Å². The van der Waals surface area contributed by atoms with E-state index in [2.05, 4.69) is 5.32 Å². The average Bonchev–Trinajstić information content (AvgIpc) is 2.47. The lowest BCUT2D eigenvalue weighted by molar-refractivity contribution is 0.0957. The Kier molecular flexibility index (Phi) is 5.01. The standard InChI is InChI=1S/C17H17FN2O2/c1-20(2)11-16(21)12-7-9-13(10-8-12)19-17(22)14-5-3-4-6-15(14)18/h3-10H,11H2,1-2H3,(H,19,22). The molecule has 5 heteroatoms. The normalized spacial score (nSPS) is 10.5. The van der Waals surface area contributed by atoms with E-state index in [9.17, 15) is 14.0 Å². The molecule has 0 heterocycles. The summed E-state index contributed by atoms with van der Waals surface area (Å²) in [5.41, 5.74) is 1.06. The molecule has 0 saturated carbocycles. The quantitative estimate of drug-likeness (QED) is 0.864. The summed E-state index contributed by atoms with van der Waals surface area (Å²) in [6, 6.07) is 12.3. The summed E-state index contributed by atoms with van der Waals surface area (Å²) in [6.45, 7) is 0.320. The third kappa shape index (κ3) is 3.99. The fraction of sp³-hybridized carbons (Fsp3) is 0.176. The minimum atomic E-state index is -0.571. The molecule has 4 nitrogen and oxygen atoms in total. The molecule has 2 aromatic carbocycles. The summed E-state index contributed by atoms with van der Waals surface area (Å²) in [5.74, 6) is -1.10. The van der Waals surface area contributed by atoms with Crippen molar-refractivity contribution < 1.29 is 14.0 Å². The number of hydrogen-bond donors (Lipinski definition) is 1.